The number of aromatic amines is 1. The topological polar surface area (TPSA) is 71.2 Å². The number of amides is 1. The maximum absolute atomic E-state index is 12.3. The van der Waals surface area contributed by atoms with E-state index in [4.69, 9.17) is 4.74 Å². The molecule has 1 aromatic carbocycles. The molecule has 1 unspecified atom stereocenters. The summed E-state index contributed by atoms with van der Waals surface area (Å²) in [4.78, 5) is 27.0. The fourth-order valence-electron chi connectivity index (χ4n) is 2.48. The Balaban J connectivity index is 1.84. The standard InChI is InChI=1S/C16H16N2O3/c1-10-8-14(19)12(9-17-10)16(20)18-13-6-7-21-15-5-3-2-4-11(13)15/h2-5,8-9,13H,6-7H2,1H3,(H,17,19)(H,18,20). The van der Waals surface area contributed by atoms with Crippen LogP contribution in [0.15, 0.2) is 41.3 Å². The van der Waals surface area contributed by atoms with Gasteiger partial charge in [0.1, 0.15) is 11.3 Å². The number of para-hydroxylation sites is 1. The minimum Gasteiger partial charge on any atom is -0.493 e. The third-order valence-corrected chi connectivity index (χ3v) is 3.57. The zero-order valence-electron chi connectivity index (χ0n) is 11.7. The summed E-state index contributed by atoms with van der Waals surface area (Å²) in [5.41, 5.74) is 1.53. The molecule has 0 radical (unpaired) electrons. The third-order valence-electron chi connectivity index (χ3n) is 3.57. The van der Waals surface area contributed by atoms with Crippen LogP contribution in [-0.4, -0.2) is 17.5 Å². The summed E-state index contributed by atoms with van der Waals surface area (Å²) in [5.74, 6) is 0.421. The van der Waals surface area contributed by atoms with Gasteiger partial charge in [0, 0.05) is 29.9 Å². The highest BCUT2D eigenvalue weighted by atomic mass is 16.5. The summed E-state index contributed by atoms with van der Waals surface area (Å²) in [6.07, 6.45) is 2.14. The molecule has 5 heteroatoms. The minimum atomic E-state index is -0.363. The Bertz CT molecular complexity index is 736. The van der Waals surface area contributed by atoms with Gasteiger partial charge in [0.15, 0.2) is 5.43 Å². The number of carbonyl (C=O) groups is 1. The van der Waals surface area contributed by atoms with Gasteiger partial charge in [0.05, 0.1) is 12.6 Å². The number of hydrogen-bond donors (Lipinski definition) is 2. The van der Waals surface area contributed by atoms with Crippen LogP contribution < -0.4 is 15.5 Å². The van der Waals surface area contributed by atoms with E-state index in [1.165, 1.54) is 12.3 Å². The second-order valence-electron chi connectivity index (χ2n) is 5.09. The number of aromatic nitrogens is 1. The molecule has 1 amide bonds. The quantitative estimate of drug-likeness (QED) is 0.885. The van der Waals surface area contributed by atoms with E-state index in [1.54, 1.807) is 6.92 Å². The van der Waals surface area contributed by atoms with Crippen LogP contribution in [0.5, 0.6) is 5.75 Å². The van der Waals surface area contributed by atoms with Gasteiger partial charge in [-0.2, -0.15) is 0 Å². The largest absolute Gasteiger partial charge is 0.493 e. The van der Waals surface area contributed by atoms with E-state index in [1.807, 2.05) is 24.3 Å². The van der Waals surface area contributed by atoms with E-state index in [2.05, 4.69) is 10.3 Å². The van der Waals surface area contributed by atoms with Gasteiger partial charge in [0.25, 0.3) is 5.91 Å². The lowest BCUT2D eigenvalue weighted by Gasteiger charge is -2.26. The first-order valence-electron chi connectivity index (χ1n) is 6.87. The fourth-order valence-corrected chi connectivity index (χ4v) is 2.48. The van der Waals surface area contributed by atoms with Crippen molar-refractivity contribution in [2.75, 3.05) is 6.61 Å². The Labute approximate surface area is 122 Å². The molecule has 0 saturated heterocycles. The number of nitrogens with one attached hydrogen (secondary N) is 2. The minimum absolute atomic E-state index is 0.129. The van der Waals surface area contributed by atoms with Crippen molar-refractivity contribution in [2.45, 2.75) is 19.4 Å². The van der Waals surface area contributed by atoms with Crippen molar-refractivity contribution in [3.05, 3.63) is 63.6 Å². The van der Waals surface area contributed by atoms with Gasteiger partial charge in [0.2, 0.25) is 0 Å². The molecule has 0 bridgehead atoms. The molecule has 1 aliphatic heterocycles. The summed E-state index contributed by atoms with van der Waals surface area (Å²) in [6, 6.07) is 8.90. The van der Waals surface area contributed by atoms with Crippen molar-refractivity contribution in [3.8, 4) is 5.75 Å². The van der Waals surface area contributed by atoms with E-state index in [9.17, 15) is 9.59 Å². The summed E-state index contributed by atoms with van der Waals surface area (Å²) >= 11 is 0. The zero-order valence-corrected chi connectivity index (χ0v) is 11.7. The Morgan fingerprint density at radius 2 is 2.19 bits per heavy atom. The SMILES string of the molecule is Cc1cc(=O)c(C(=O)NC2CCOc3ccccc32)c[nH]1. The summed E-state index contributed by atoms with van der Waals surface area (Å²) in [5, 5.41) is 2.91. The van der Waals surface area contributed by atoms with E-state index < -0.39 is 0 Å². The molecule has 108 valence electrons. The molecule has 0 spiro atoms. The van der Waals surface area contributed by atoms with E-state index in [-0.39, 0.29) is 22.9 Å². The van der Waals surface area contributed by atoms with Gasteiger partial charge >= 0.3 is 0 Å². The van der Waals surface area contributed by atoms with Gasteiger partial charge in [-0.1, -0.05) is 18.2 Å². The molecule has 3 rings (SSSR count). The normalized spacial score (nSPS) is 16.7. The lowest BCUT2D eigenvalue weighted by molar-refractivity contribution is 0.0923. The lowest BCUT2D eigenvalue weighted by Crippen LogP contribution is -2.34. The number of fused-ring (bicyclic) bond motifs is 1. The predicted octanol–water partition coefficient (Wildman–Crippen LogP) is 1.94. The van der Waals surface area contributed by atoms with Gasteiger partial charge < -0.3 is 15.0 Å². The zero-order chi connectivity index (χ0) is 14.8. The van der Waals surface area contributed by atoms with Crippen LogP contribution in [0.3, 0.4) is 0 Å². The first-order chi connectivity index (χ1) is 10.1. The number of aryl methyl sites for hydroxylation is 1. The highest BCUT2D eigenvalue weighted by Crippen LogP contribution is 2.31. The Morgan fingerprint density at radius 1 is 1.38 bits per heavy atom. The monoisotopic (exact) mass is 284 g/mol. The average molecular weight is 284 g/mol. The maximum atomic E-state index is 12.3. The molecular weight excluding hydrogens is 268 g/mol. The molecule has 0 aliphatic carbocycles. The maximum Gasteiger partial charge on any atom is 0.257 e. The van der Waals surface area contributed by atoms with Crippen LogP contribution in [0.4, 0.5) is 0 Å². The van der Waals surface area contributed by atoms with Gasteiger partial charge in [-0.3, -0.25) is 9.59 Å². The molecule has 1 aromatic heterocycles. The number of rotatable bonds is 2. The van der Waals surface area contributed by atoms with E-state index >= 15 is 0 Å². The molecule has 21 heavy (non-hydrogen) atoms. The molecule has 2 heterocycles. The van der Waals surface area contributed by atoms with Crippen LogP contribution in [0.25, 0.3) is 0 Å². The van der Waals surface area contributed by atoms with Crippen molar-refractivity contribution in [2.24, 2.45) is 0 Å². The Kier molecular flexibility index (Phi) is 3.48. The molecular formula is C16H16N2O3. The number of hydrogen-bond acceptors (Lipinski definition) is 3. The predicted molar refractivity (Wildman–Crippen MR) is 78.6 cm³/mol. The Morgan fingerprint density at radius 3 is 3.00 bits per heavy atom. The molecule has 2 N–H and O–H groups in total. The summed E-state index contributed by atoms with van der Waals surface area (Å²) in [7, 11) is 0. The van der Waals surface area contributed by atoms with Crippen LogP contribution >= 0.6 is 0 Å². The van der Waals surface area contributed by atoms with Crippen LogP contribution in [0.2, 0.25) is 0 Å². The van der Waals surface area contributed by atoms with Gasteiger partial charge in [-0.05, 0) is 13.0 Å². The second kappa shape index (κ2) is 5.44. The summed E-state index contributed by atoms with van der Waals surface area (Å²) in [6.45, 7) is 2.32. The van der Waals surface area contributed by atoms with E-state index in [0.29, 0.717) is 13.0 Å². The van der Waals surface area contributed by atoms with Crippen molar-refractivity contribution in [3.63, 3.8) is 0 Å². The molecule has 2 aromatic rings. The van der Waals surface area contributed by atoms with Crippen molar-refractivity contribution in [1.82, 2.24) is 10.3 Å². The summed E-state index contributed by atoms with van der Waals surface area (Å²) < 4.78 is 5.56. The Hall–Kier alpha value is -2.56. The van der Waals surface area contributed by atoms with Crippen LogP contribution in [0, 0.1) is 6.92 Å². The number of pyridine rings is 1. The first kappa shape index (κ1) is 13.4. The number of ether oxygens (including phenoxy) is 1. The number of H-pyrrole nitrogens is 1. The van der Waals surface area contributed by atoms with Crippen LogP contribution in [-0.2, 0) is 0 Å². The van der Waals surface area contributed by atoms with Crippen LogP contribution in [0.1, 0.15) is 34.1 Å². The molecule has 0 fully saturated rings. The number of carbonyl (C=O) groups excluding carboxylic acids is 1. The molecule has 5 nitrogen and oxygen atoms in total. The molecule has 0 saturated carbocycles. The highest BCUT2D eigenvalue weighted by molar-refractivity contribution is 5.94. The third kappa shape index (κ3) is 2.67. The molecule has 1 aliphatic rings. The van der Waals surface area contributed by atoms with Crippen molar-refractivity contribution < 1.29 is 9.53 Å². The van der Waals surface area contributed by atoms with Crippen molar-refractivity contribution in [1.29, 1.82) is 0 Å². The van der Waals surface area contributed by atoms with E-state index in [0.717, 1.165) is 17.0 Å². The average Bonchev–Trinajstić information content (AvgIpc) is 2.47. The molecule has 1 atom stereocenters. The smallest absolute Gasteiger partial charge is 0.257 e. The fraction of sp³-hybridized carbons (Fsp3) is 0.250. The van der Waals surface area contributed by atoms with Gasteiger partial charge in [-0.15, -0.1) is 0 Å². The highest BCUT2D eigenvalue weighted by Gasteiger charge is 2.23. The van der Waals surface area contributed by atoms with Crippen molar-refractivity contribution >= 4 is 5.91 Å². The lowest BCUT2D eigenvalue weighted by atomic mass is 10.0. The number of benzene rings is 1. The second-order valence-corrected chi connectivity index (χ2v) is 5.09. The van der Waals surface area contributed by atoms with Gasteiger partial charge in [-0.25, -0.2) is 0 Å². The first-order valence-corrected chi connectivity index (χ1v) is 6.87.